The molecule has 0 aromatic heterocycles. The smallest absolute Gasteiger partial charge is 0.322 e. The number of nitrogens with one attached hydrogen (secondary N) is 2. The van der Waals surface area contributed by atoms with Crippen molar-refractivity contribution in [2.75, 3.05) is 19.6 Å². The van der Waals surface area contributed by atoms with Gasteiger partial charge >= 0.3 is 5.97 Å². The van der Waals surface area contributed by atoms with Crippen molar-refractivity contribution in [3.8, 4) is 0 Å². The molecular formula is C12H23N3O4S. The van der Waals surface area contributed by atoms with Gasteiger partial charge in [-0.2, -0.15) is 12.7 Å². The zero-order valence-corrected chi connectivity index (χ0v) is 12.4. The molecular weight excluding hydrogens is 282 g/mol. The predicted molar refractivity (Wildman–Crippen MR) is 74.5 cm³/mol. The molecule has 7 nitrogen and oxygen atoms in total. The van der Waals surface area contributed by atoms with Gasteiger partial charge in [-0.05, 0) is 45.1 Å². The van der Waals surface area contributed by atoms with E-state index in [1.165, 1.54) is 12.8 Å². The topological polar surface area (TPSA) is 98.7 Å². The van der Waals surface area contributed by atoms with Crippen LogP contribution in [0.25, 0.3) is 0 Å². The Kier molecular flexibility index (Phi) is 5.36. The summed E-state index contributed by atoms with van der Waals surface area (Å²) in [4.78, 5) is 11.1. The van der Waals surface area contributed by atoms with Crippen molar-refractivity contribution in [1.82, 2.24) is 14.3 Å². The number of hydrogen-bond donors (Lipinski definition) is 3. The van der Waals surface area contributed by atoms with Crippen LogP contribution >= 0.6 is 0 Å². The molecule has 1 heterocycles. The quantitative estimate of drug-likeness (QED) is 0.544. The minimum Gasteiger partial charge on any atom is -0.480 e. The van der Waals surface area contributed by atoms with E-state index in [-0.39, 0.29) is 6.54 Å². The predicted octanol–water partition coefficient (Wildman–Crippen LogP) is -0.0980. The Balaban J connectivity index is 1.78. The van der Waals surface area contributed by atoms with Gasteiger partial charge in [0.25, 0.3) is 10.2 Å². The van der Waals surface area contributed by atoms with Crippen LogP contribution in [0.4, 0.5) is 0 Å². The average molecular weight is 305 g/mol. The molecule has 8 heteroatoms. The molecule has 0 spiro atoms. The van der Waals surface area contributed by atoms with Crippen molar-refractivity contribution in [2.45, 2.75) is 50.6 Å². The molecule has 0 bridgehead atoms. The standard InChI is InChI=1S/C12H23N3O4S/c16-12(17)11-4-1-2-9-15(11)20(18,19)14-8-3-7-13-10-5-6-10/h10-11,13-14H,1-9H2,(H,16,17). The highest BCUT2D eigenvalue weighted by molar-refractivity contribution is 7.87. The molecule has 2 rings (SSSR count). The maximum absolute atomic E-state index is 12.1. The second kappa shape index (κ2) is 6.84. The fraction of sp³-hybridized carbons (Fsp3) is 0.917. The number of nitrogens with zero attached hydrogens (tertiary/aromatic N) is 1. The molecule has 1 atom stereocenters. The van der Waals surface area contributed by atoms with E-state index in [0.29, 0.717) is 31.8 Å². The molecule has 0 aromatic carbocycles. The van der Waals surface area contributed by atoms with E-state index in [1.807, 2.05) is 0 Å². The Labute approximate surface area is 119 Å². The van der Waals surface area contributed by atoms with Crippen molar-refractivity contribution in [2.24, 2.45) is 0 Å². The van der Waals surface area contributed by atoms with Crippen molar-refractivity contribution in [3.05, 3.63) is 0 Å². The fourth-order valence-electron chi connectivity index (χ4n) is 2.41. The molecule has 116 valence electrons. The van der Waals surface area contributed by atoms with E-state index >= 15 is 0 Å². The number of carboxylic acid groups (broad SMARTS) is 1. The zero-order chi connectivity index (χ0) is 14.6. The van der Waals surface area contributed by atoms with Crippen molar-refractivity contribution < 1.29 is 18.3 Å². The number of rotatable bonds is 8. The average Bonchev–Trinajstić information content (AvgIpc) is 3.22. The van der Waals surface area contributed by atoms with Crippen LogP contribution in [0.15, 0.2) is 0 Å². The normalized spacial score (nSPS) is 24.7. The minimum absolute atomic E-state index is 0.284. The van der Waals surface area contributed by atoms with Gasteiger partial charge in [-0.25, -0.2) is 4.72 Å². The van der Waals surface area contributed by atoms with E-state index in [1.54, 1.807) is 0 Å². The molecule has 1 aliphatic carbocycles. The van der Waals surface area contributed by atoms with Crippen LogP contribution in [0, 0.1) is 0 Å². The Morgan fingerprint density at radius 1 is 1.20 bits per heavy atom. The van der Waals surface area contributed by atoms with E-state index in [0.717, 1.165) is 17.3 Å². The van der Waals surface area contributed by atoms with E-state index in [2.05, 4.69) is 10.0 Å². The molecule has 2 fully saturated rings. The van der Waals surface area contributed by atoms with Crippen LogP contribution in [-0.4, -0.2) is 55.5 Å². The maximum Gasteiger partial charge on any atom is 0.322 e. The summed E-state index contributed by atoms with van der Waals surface area (Å²) in [7, 11) is -3.69. The second-order valence-corrected chi connectivity index (χ2v) is 7.15. The Morgan fingerprint density at radius 2 is 1.95 bits per heavy atom. The molecule has 1 saturated carbocycles. The maximum atomic E-state index is 12.1. The van der Waals surface area contributed by atoms with Crippen molar-refractivity contribution >= 4 is 16.2 Å². The van der Waals surface area contributed by atoms with Gasteiger partial charge in [0.05, 0.1) is 0 Å². The first kappa shape index (κ1) is 15.7. The third-order valence-corrected chi connectivity index (χ3v) is 5.32. The lowest BCUT2D eigenvalue weighted by molar-refractivity contribution is -0.142. The van der Waals surface area contributed by atoms with Crippen LogP contribution in [0.3, 0.4) is 0 Å². The summed E-state index contributed by atoms with van der Waals surface area (Å²) in [6.07, 6.45) is 4.99. The molecule has 0 radical (unpaired) electrons. The lowest BCUT2D eigenvalue weighted by atomic mass is 10.1. The zero-order valence-electron chi connectivity index (χ0n) is 11.5. The SMILES string of the molecule is O=C(O)C1CCCCN1S(=O)(=O)NCCCNC1CC1. The summed E-state index contributed by atoms with van der Waals surface area (Å²) in [5, 5.41) is 12.4. The highest BCUT2D eigenvalue weighted by atomic mass is 32.2. The highest BCUT2D eigenvalue weighted by Gasteiger charge is 2.36. The van der Waals surface area contributed by atoms with E-state index < -0.39 is 22.2 Å². The minimum atomic E-state index is -3.69. The summed E-state index contributed by atoms with van der Waals surface area (Å²) in [5.74, 6) is -1.06. The van der Waals surface area contributed by atoms with Crippen molar-refractivity contribution in [3.63, 3.8) is 0 Å². The molecule has 20 heavy (non-hydrogen) atoms. The molecule has 1 aliphatic heterocycles. The summed E-state index contributed by atoms with van der Waals surface area (Å²) < 4.78 is 27.9. The van der Waals surface area contributed by atoms with Crippen LogP contribution < -0.4 is 10.0 Å². The largest absolute Gasteiger partial charge is 0.480 e. The molecule has 0 amide bonds. The van der Waals surface area contributed by atoms with Gasteiger partial charge < -0.3 is 10.4 Å². The molecule has 1 saturated heterocycles. The first-order chi connectivity index (χ1) is 9.50. The first-order valence-corrected chi connectivity index (χ1v) is 8.67. The van der Waals surface area contributed by atoms with Crippen LogP contribution in [0.1, 0.15) is 38.5 Å². The van der Waals surface area contributed by atoms with Gasteiger partial charge in [-0.3, -0.25) is 4.79 Å². The molecule has 1 unspecified atom stereocenters. The number of piperidine rings is 1. The lowest BCUT2D eigenvalue weighted by Crippen LogP contribution is -2.52. The summed E-state index contributed by atoms with van der Waals surface area (Å²) in [6.45, 7) is 1.41. The second-order valence-electron chi connectivity index (χ2n) is 5.44. The third-order valence-electron chi connectivity index (χ3n) is 3.70. The number of carbonyl (C=O) groups is 1. The van der Waals surface area contributed by atoms with Crippen LogP contribution in [-0.2, 0) is 15.0 Å². The third kappa shape index (κ3) is 4.41. The van der Waals surface area contributed by atoms with Gasteiger partial charge in [0.15, 0.2) is 0 Å². The number of aliphatic carboxylic acids is 1. The van der Waals surface area contributed by atoms with Crippen molar-refractivity contribution in [1.29, 1.82) is 0 Å². The van der Waals surface area contributed by atoms with Gasteiger partial charge in [0.1, 0.15) is 6.04 Å². The van der Waals surface area contributed by atoms with E-state index in [4.69, 9.17) is 5.11 Å². The molecule has 3 N–H and O–H groups in total. The Bertz CT molecular complexity index is 436. The molecule has 0 aromatic rings. The van der Waals surface area contributed by atoms with Gasteiger partial charge in [0, 0.05) is 19.1 Å². The summed E-state index contributed by atoms with van der Waals surface area (Å²) in [5.41, 5.74) is 0. The number of hydrogen-bond acceptors (Lipinski definition) is 4. The monoisotopic (exact) mass is 305 g/mol. The van der Waals surface area contributed by atoms with Gasteiger partial charge in [-0.1, -0.05) is 0 Å². The van der Waals surface area contributed by atoms with Gasteiger partial charge in [0.2, 0.25) is 0 Å². The summed E-state index contributed by atoms with van der Waals surface area (Å²) in [6, 6.07) is -0.309. The summed E-state index contributed by atoms with van der Waals surface area (Å²) >= 11 is 0. The first-order valence-electron chi connectivity index (χ1n) is 7.23. The van der Waals surface area contributed by atoms with Gasteiger partial charge in [-0.15, -0.1) is 0 Å². The fourth-order valence-corrected chi connectivity index (χ4v) is 3.87. The highest BCUT2D eigenvalue weighted by Crippen LogP contribution is 2.20. The van der Waals surface area contributed by atoms with Crippen LogP contribution in [0.2, 0.25) is 0 Å². The number of carboxylic acids is 1. The Morgan fingerprint density at radius 3 is 2.60 bits per heavy atom. The molecule has 2 aliphatic rings. The van der Waals surface area contributed by atoms with E-state index in [9.17, 15) is 13.2 Å². The lowest BCUT2D eigenvalue weighted by Gasteiger charge is -2.31. The van der Waals surface area contributed by atoms with Crippen LogP contribution in [0.5, 0.6) is 0 Å². The Hall–Kier alpha value is -0.700.